The van der Waals surface area contributed by atoms with Crippen molar-refractivity contribution in [3.8, 4) is 0 Å². The number of hydrogen-bond donors (Lipinski definition) is 2. The van der Waals surface area contributed by atoms with Crippen molar-refractivity contribution in [3.05, 3.63) is 0 Å². The van der Waals surface area contributed by atoms with Gasteiger partial charge in [0.25, 0.3) is 0 Å². The molecule has 5 heteroatoms. The second-order valence-corrected chi connectivity index (χ2v) is 4.60. The lowest BCUT2D eigenvalue weighted by Gasteiger charge is -2.23. The molecule has 0 aliphatic carbocycles. The third-order valence-corrected chi connectivity index (χ3v) is 2.35. The first-order chi connectivity index (χ1) is 6.77. The van der Waals surface area contributed by atoms with Crippen LogP contribution in [0.5, 0.6) is 0 Å². The maximum absolute atomic E-state index is 11.8. The molecule has 0 spiro atoms. The summed E-state index contributed by atoms with van der Waals surface area (Å²) in [4.78, 5) is 0. The van der Waals surface area contributed by atoms with Crippen LogP contribution in [0.4, 0.5) is 13.2 Å². The maximum Gasteiger partial charge on any atom is 0.401 e. The second-order valence-electron chi connectivity index (χ2n) is 4.60. The highest BCUT2D eigenvalue weighted by molar-refractivity contribution is 4.69. The summed E-state index contributed by atoms with van der Waals surface area (Å²) in [7, 11) is 0. The Balaban J connectivity index is 3.46. The minimum Gasteiger partial charge on any atom is -0.330 e. The van der Waals surface area contributed by atoms with Crippen molar-refractivity contribution in [2.45, 2.75) is 39.3 Å². The van der Waals surface area contributed by atoms with E-state index in [0.717, 1.165) is 19.3 Å². The van der Waals surface area contributed by atoms with E-state index in [9.17, 15) is 13.2 Å². The number of hydrogen-bond acceptors (Lipinski definition) is 2. The molecule has 92 valence electrons. The van der Waals surface area contributed by atoms with E-state index in [2.05, 4.69) is 19.2 Å². The van der Waals surface area contributed by atoms with Gasteiger partial charge in [-0.25, -0.2) is 0 Å². The average molecular weight is 226 g/mol. The smallest absolute Gasteiger partial charge is 0.330 e. The van der Waals surface area contributed by atoms with E-state index in [0.29, 0.717) is 13.1 Å². The highest BCUT2D eigenvalue weighted by Gasteiger charge is 2.26. The minimum absolute atomic E-state index is 0.134. The van der Waals surface area contributed by atoms with Gasteiger partial charge in [-0.05, 0) is 37.8 Å². The van der Waals surface area contributed by atoms with E-state index in [1.807, 2.05) is 0 Å². The third kappa shape index (κ3) is 10.0. The van der Waals surface area contributed by atoms with E-state index in [4.69, 9.17) is 5.73 Å². The SMILES string of the molecule is CC(C)(CCN)CCCNCC(F)(F)F. The summed E-state index contributed by atoms with van der Waals surface area (Å²) in [5.74, 6) is 0. The largest absolute Gasteiger partial charge is 0.401 e. The van der Waals surface area contributed by atoms with Crippen molar-refractivity contribution >= 4 is 0 Å². The zero-order valence-corrected chi connectivity index (χ0v) is 9.45. The molecular weight excluding hydrogens is 205 g/mol. The summed E-state index contributed by atoms with van der Waals surface area (Å²) >= 11 is 0. The van der Waals surface area contributed by atoms with Crippen molar-refractivity contribution in [1.82, 2.24) is 5.32 Å². The van der Waals surface area contributed by atoms with Crippen molar-refractivity contribution in [2.75, 3.05) is 19.6 Å². The summed E-state index contributed by atoms with van der Waals surface area (Å²) in [5.41, 5.74) is 5.57. The highest BCUT2D eigenvalue weighted by Crippen LogP contribution is 2.25. The number of alkyl halides is 3. The van der Waals surface area contributed by atoms with E-state index in [-0.39, 0.29) is 5.41 Å². The zero-order valence-electron chi connectivity index (χ0n) is 9.45. The molecule has 0 heterocycles. The standard InChI is InChI=1S/C10H21F3N2/c1-9(2,5-6-14)4-3-7-15-8-10(11,12)13/h15H,3-8,14H2,1-2H3. The average Bonchev–Trinajstić information content (AvgIpc) is 2.00. The van der Waals surface area contributed by atoms with E-state index < -0.39 is 12.7 Å². The molecule has 0 rings (SSSR count). The van der Waals surface area contributed by atoms with Crippen LogP contribution in [0.3, 0.4) is 0 Å². The lowest BCUT2D eigenvalue weighted by Crippen LogP contribution is -2.30. The molecule has 2 nitrogen and oxygen atoms in total. The molecule has 0 amide bonds. The van der Waals surface area contributed by atoms with Gasteiger partial charge in [-0.2, -0.15) is 13.2 Å². The Kier molecular flexibility index (Phi) is 6.20. The molecule has 0 aromatic carbocycles. The van der Waals surface area contributed by atoms with Crippen LogP contribution >= 0.6 is 0 Å². The van der Waals surface area contributed by atoms with Gasteiger partial charge >= 0.3 is 6.18 Å². The van der Waals surface area contributed by atoms with E-state index >= 15 is 0 Å². The van der Waals surface area contributed by atoms with Crippen molar-refractivity contribution in [3.63, 3.8) is 0 Å². The van der Waals surface area contributed by atoms with Gasteiger partial charge in [0.2, 0.25) is 0 Å². The minimum atomic E-state index is -4.10. The van der Waals surface area contributed by atoms with Crippen LogP contribution in [0.1, 0.15) is 33.1 Å². The molecule has 0 saturated carbocycles. The predicted octanol–water partition coefficient (Wildman–Crippen LogP) is 2.29. The van der Waals surface area contributed by atoms with Crippen molar-refractivity contribution in [1.29, 1.82) is 0 Å². The Labute approximate surface area is 89.4 Å². The maximum atomic E-state index is 11.8. The van der Waals surface area contributed by atoms with Crippen LogP contribution in [0.15, 0.2) is 0 Å². The normalized spacial score (nSPS) is 13.2. The zero-order chi connectivity index (χ0) is 11.9. The summed E-state index contributed by atoms with van der Waals surface area (Å²) < 4.78 is 35.3. The Morgan fingerprint density at radius 3 is 2.20 bits per heavy atom. The van der Waals surface area contributed by atoms with Gasteiger partial charge in [0.15, 0.2) is 0 Å². The van der Waals surface area contributed by atoms with Crippen LogP contribution in [-0.4, -0.2) is 25.8 Å². The Morgan fingerprint density at radius 2 is 1.73 bits per heavy atom. The molecule has 3 N–H and O–H groups in total. The van der Waals surface area contributed by atoms with E-state index in [1.54, 1.807) is 0 Å². The first-order valence-corrected chi connectivity index (χ1v) is 5.24. The number of halogens is 3. The monoisotopic (exact) mass is 226 g/mol. The summed E-state index contributed by atoms with van der Waals surface area (Å²) in [5, 5.41) is 2.38. The van der Waals surface area contributed by atoms with Crippen LogP contribution in [0.2, 0.25) is 0 Å². The van der Waals surface area contributed by atoms with Crippen LogP contribution in [0, 0.1) is 5.41 Å². The number of rotatable bonds is 7. The van der Waals surface area contributed by atoms with Gasteiger partial charge in [-0.1, -0.05) is 13.8 Å². The Hall–Kier alpha value is -0.290. The third-order valence-electron chi connectivity index (χ3n) is 2.35. The van der Waals surface area contributed by atoms with Gasteiger partial charge in [-0.15, -0.1) is 0 Å². The Bertz CT molecular complexity index is 167. The van der Waals surface area contributed by atoms with Crippen molar-refractivity contribution in [2.24, 2.45) is 11.1 Å². The fraction of sp³-hybridized carbons (Fsp3) is 1.00. The second kappa shape index (κ2) is 6.33. The Morgan fingerprint density at radius 1 is 1.13 bits per heavy atom. The van der Waals surface area contributed by atoms with Crippen LogP contribution < -0.4 is 11.1 Å². The molecular formula is C10H21F3N2. The molecule has 0 unspecified atom stereocenters. The summed E-state index contributed by atoms with van der Waals surface area (Å²) in [6, 6.07) is 0. The number of nitrogens with one attached hydrogen (secondary N) is 1. The van der Waals surface area contributed by atoms with Crippen LogP contribution in [0.25, 0.3) is 0 Å². The quantitative estimate of drug-likeness (QED) is 0.654. The van der Waals surface area contributed by atoms with E-state index in [1.165, 1.54) is 0 Å². The summed E-state index contributed by atoms with van der Waals surface area (Å²) in [6.45, 7) is 4.31. The van der Waals surface area contributed by atoms with Gasteiger partial charge < -0.3 is 11.1 Å². The highest BCUT2D eigenvalue weighted by atomic mass is 19.4. The first-order valence-electron chi connectivity index (χ1n) is 5.24. The fourth-order valence-corrected chi connectivity index (χ4v) is 1.44. The molecule has 15 heavy (non-hydrogen) atoms. The fourth-order valence-electron chi connectivity index (χ4n) is 1.44. The molecule has 0 aliphatic heterocycles. The topological polar surface area (TPSA) is 38.0 Å². The summed E-state index contributed by atoms with van der Waals surface area (Å²) in [6.07, 6.45) is -1.54. The molecule has 0 aromatic rings. The lowest BCUT2D eigenvalue weighted by atomic mass is 9.84. The first kappa shape index (κ1) is 14.7. The van der Waals surface area contributed by atoms with Gasteiger partial charge in [0.1, 0.15) is 0 Å². The molecule has 0 aliphatic rings. The van der Waals surface area contributed by atoms with Gasteiger partial charge in [0, 0.05) is 0 Å². The molecule has 0 saturated heterocycles. The van der Waals surface area contributed by atoms with Gasteiger partial charge in [0.05, 0.1) is 6.54 Å². The molecule has 0 fully saturated rings. The number of nitrogens with two attached hydrogens (primary N) is 1. The van der Waals surface area contributed by atoms with Crippen LogP contribution in [-0.2, 0) is 0 Å². The molecule has 0 radical (unpaired) electrons. The van der Waals surface area contributed by atoms with Crippen molar-refractivity contribution < 1.29 is 13.2 Å². The molecule has 0 bridgehead atoms. The molecule has 0 atom stereocenters. The lowest BCUT2D eigenvalue weighted by molar-refractivity contribution is -0.124. The van der Waals surface area contributed by atoms with Gasteiger partial charge in [-0.3, -0.25) is 0 Å². The molecule has 0 aromatic heterocycles. The predicted molar refractivity (Wildman–Crippen MR) is 55.6 cm³/mol.